The summed E-state index contributed by atoms with van der Waals surface area (Å²) in [5, 5.41) is -1.58. The van der Waals surface area contributed by atoms with E-state index in [1.165, 1.54) is 0 Å². The van der Waals surface area contributed by atoms with Gasteiger partial charge in [-0.15, -0.1) is 0 Å². The molecule has 0 aromatic carbocycles. The lowest BCUT2D eigenvalue weighted by Crippen LogP contribution is -2.51. The fourth-order valence-corrected chi connectivity index (χ4v) is 0.699. The molecule has 0 aliphatic rings. The number of methoxy groups -OCH3 is 1. The first kappa shape index (κ1) is 11.6. The van der Waals surface area contributed by atoms with Gasteiger partial charge in [0.1, 0.15) is 0 Å². The third-order valence-electron chi connectivity index (χ3n) is 0.953. The molecule has 0 aliphatic carbocycles. The zero-order valence-electron chi connectivity index (χ0n) is 5.72. The first-order valence-corrected chi connectivity index (χ1v) is 3.94. The molecule has 0 rings (SSSR count). The lowest BCUT2D eigenvalue weighted by atomic mass is 10.6. The lowest BCUT2D eigenvalue weighted by molar-refractivity contribution is -0.305. The highest BCUT2D eigenvalue weighted by Crippen LogP contribution is 2.37. The fraction of sp³-hybridized carbons (Fsp3) is 1.00. The van der Waals surface area contributed by atoms with Gasteiger partial charge in [0.25, 0.3) is 10.0 Å². The summed E-state index contributed by atoms with van der Waals surface area (Å²) < 4.78 is 71.1. The summed E-state index contributed by atoms with van der Waals surface area (Å²) in [6.07, 6.45) is -5.12. The minimum absolute atomic E-state index is 0.235. The number of ether oxygens (including phenoxy) is 1. The van der Waals surface area contributed by atoms with Crippen LogP contribution in [0.1, 0.15) is 0 Å². The van der Waals surface area contributed by atoms with Gasteiger partial charge in [0, 0.05) is 7.11 Å². The Labute approximate surface area is 65.3 Å². The second kappa shape index (κ2) is 2.82. The first-order chi connectivity index (χ1) is 5.06. The molecule has 0 saturated heterocycles. The van der Waals surface area contributed by atoms with Gasteiger partial charge in [0.2, 0.25) is 0 Å². The number of nitrogens with two attached hydrogens (primary N) is 1. The van der Waals surface area contributed by atoms with Crippen LogP contribution >= 0.6 is 0 Å². The van der Waals surface area contributed by atoms with Crippen LogP contribution in [0.4, 0.5) is 17.6 Å². The van der Waals surface area contributed by atoms with Crippen molar-refractivity contribution in [3.63, 3.8) is 0 Å². The Hall–Kier alpha value is -0.410. The van der Waals surface area contributed by atoms with Crippen molar-refractivity contribution < 1.29 is 30.7 Å². The molecule has 0 aromatic heterocycles. The first-order valence-electron chi connectivity index (χ1n) is 2.39. The van der Waals surface area contributed by atoms with Gasteiger partial charge in [-0.1, -0.05) is 0 Å². The van der Waals surface area contributed by atoms with Crippen molar-refractivity contribution in [2.75, 3.05) is 7.11 Å². The number of alkyl halides is 4. The standard InChI is InChI=1S/C3H5F4NO3S/c1-11-2(4,5)3(6,7)12(8,9)10/h1H3,(H2,8,9,10). The van der Waals surface area contributed by atoms with Gasteiger partial charge in [0.15, 0.2) is 0 Å². The molecular weight excluding hydrogens is 206 g/mol. The average Bonchev–Trinajstić information content (AvgIpc) is 1.85. The Morgan fingerprint density at radius 3 is 1.67 bits per heavy atom. The van der Waals surface area contributed by atoms with Gasteiger partial charge in [0.05, 0.1) is 0 Å². The number of primary sulfonamides is 1. The van der Waals surface area contributed by atoms with Crippen LogP contribution in [0.5, 0.6) is 0 Å². The highest BCUT2D eigenvalue weighted by Gasteiger charge is 2.65. The number of hydrogen-bond acceptors (Lipinski definition) is 3. The highest BCUT2D eigenvalue weighted by atomic mass is 32.2. The quantitative estimate of drug-likeness (QED) is 0.673. The summed E-state index contributed by atoms with van der Waals surface area (Å²) in [6, 6.07) is 0. The molecule has 0 aromatic rings. The lowest BCUT2D eigenvalue weighted by Gasteiger charge is -2.21. The van der Waals surface area contributed by atoms with Crippen LogP contribution in [0, 0.1) is 0 Å². The summed E-state index contributed by atoms with van der Waals surface area (Å²) in [7, 11) is -5.45. The predicted octanol–water partition coefficient (Wildman–Crippen LogP) is 0.107. The summed E-state index contributed by atoms with van der Waals surface area (Å²) in [6.45, 7) is 0. The third kappa shape index (κ3) is 1.67. The van der Waals surface area contributed by atoms with Gasteiger partial charge in [-0.05, 0) is 0 Å². The van der Waals surface area contributed by atoms with E-state index in [-0.39, 0.29) is 7.11 Å². The summed E-state index contributed by atoms with van der Waals surface area (Å²) in [4.78, 5) is 0. The Morgan fingerprint density at radius 2 is 1.58 bits per heavy atom. The van der Waals surface area contributed by atoms with Gasteiger partial charge in [-0.2, -0.15) is 17.6 Å². The number of sulfonamides is 1. The van der Waals surface area contributed by atoms with E-state index in [9.17, 15) is 26.0 Å². The van der Waals surface area contributed by atoms with Crippen molar-refractivity contribution >= 4 is 10.0 Å². The van der Waals surface area contributed by atoms with E-state index >= 15 is 0 Å². The third-order valence-corrected chi connectivity index (χ3v) is 1.90. The largest absolute Gasteiger partial charge is 0.448 e. The maximum absolute atomic E-state index is 12.1. The molecule has 0 atom stereocenters. The Bertz CT molecular complexity index is 261. The topological polar surface area (TPSA) is 69.4 Å². The molecule has 4 nitrogen and oxygen atoms in total. The highest BCUT2D eigenvalue weighted by molar-refractivity contribution is 7.90. The van der Waals surface area contributed by atoms with E-state index in [0.717, 1.165) is 0 Å². The van der Waals surface area contributed by atoms with Crippen LogP contribution in [0.15, 0.2) is 0 Å². The van der Waals surface area contributed by atoms with Crippen molar-refractivity contribution in [2.45, 2.75) is 11.4 Å². The molecule has 0 unspecified atom stereocenters. The fourth-order valence-electron chi connectivity index (χ4n) is 0.284. The second-order valence-corrected chi connectivity index (χ2v) is 3.39. The van der Waals surface area contributed by atoms with Crippen LogP contribution in [-0.2, 0) is 14.8 Å². The molecule has 0 radical (unpaired) electrons. The second-order valence-electron chi connectivity index (χ2n) is 1.78. The summed E-state index contributed by atoms with van der Waals surface area (Å²) >= 11 is 0. The number of rotatable bonds is 3. The molecular formula is C3H5F4NO3S. The normalized spacial score (nSPS) is 14.8. The van der Waals surface area contributed by atoms with Crippen LogP contribution in [0.25, 0.3) is 0 Å². The Kier molecular flexibility index (Phi) is 2.72. The maximum atomic E-state index is 12.1. The Balaban J connectivity index is 5.13. The van der Waals surface area contributed by atoms with Crippen LogP contribution in [0.3, 0.4) is 0 Å². The van der Waals surface area contributed by atoms with Crippen molar-refractivity contribution in [1.29, 1.82) is 0 Å². The van der Waals surface area contributed by atoms with E-state index in [1.54, 1.807) is 0 Å². The molecule has 12 heavy (non-hydrogen) atoms. The molecule has 0 fully saturated rings. The van der Waals surface area contributed by atoms with Crippen LogP contribution in [0.2, 0.25) is 0 Å². The SMILES string of the molecule is COC(F)(F)C(F)(F)S(N)(=O)=O. The minimum atomic E-state index is -5.68. The predicted molar refractivity (Wildman–Crippen MR) is 30.0 cm³/mol. The molecule has 0 bridgehead atoms. The molecule has 2 N–H and O–H groups in total. The van der Waals surface area contributed by atoms with Gasteiger partial charge >= 0.3 is 11.4 Å². The zero-order chi connectivity index (χ0) is 10.2. The van der Waals surface area contributed by atoms with Crippen LogP contribution in [-0.4, -0.2) is 26.9 Å². The molecule has 0 heterocycles. The smallest absolute Gasteiger partial charge is 0.318 e. The molecule has 0 saturated carbocycles. The van der Waals surface area contributed by atoms with E-state index in [4.69, 9.17) is 0 Å². The van der Waals surface area contributed by atoms with E-state index in [1.807, 2.05) is 0 Å². The Morgan fingerprint density at radius 1 is 1.25 bits per heavy atom. The minimum Gasteiger partial charge on any atom is -0.318 e. The maximum Gasteiger partial charge on any atom is 0.448 e. The van der Waals surface area contributed by atoms with Gasteiger partial charge in [-0.25, -0.2) is 13.6 Å². The van der Waals surface area contributed by atoms with E-state index in [0.29, 0.717) is 0 Å². The van der Waals surface area contributed by atoms with Crippen molar-refractivity contribution in [2.24, 2.45) is 5.14 Å². The van der Waals surface area contributed by atoms with Crippen molar-refractivity contribution in [3.8, 4) is 0 Å². The summed E-state index contributed by atoms with van der Waals surface area (Å²) in [5.74, 6) is 0. The van der Waals surface area contributed by atoms with Gasteiger partial charge < -0.3 is 4.74 Å². The van der Waals surface area contributed by atoms with Crippen molar-refractivity contribution in [1.82, 2.24) is 0 Å². The number of halogens is 4. The van der Waals surface area contributed by atoms with E-state index in [2.05, 4.69) is 9.88 Å². The van der Waals surface area contributed by atoms with Crippen LogP contribution < -0.4 is 5.14 Å². The molecule has 0 spiro atoms. The number of hydrogen-bond donors (Lipinski definition) is 1. The zero-order valence-corrected chi connectivity index (χ0v) is 6.54. The van der Waals surface area contributed by atoms with E-state index < -0.39 is 21.4 Å². The molecule has 74 valence electrons. The van der Waals surface area contributed by atoms with Gasteiger partial charge in [-0.3, -0.25) is 0 Å². The molecule has 0 amide bonds. The molecule has 0 aliphatic heterocycles. The summed E-state index contributed by atoms with van der Waals surface area (Å²) in [5.41, 5.74) is 0. The average molecular weight is 211 g/mol. The monoisotopic (exact) mass is 211 g/mol. The van der Waals surface area contributed by atoms with Crippen molar-refractivity contribution in [3.05, 3.63) is 0 Å². The molecule has 9 heteroatoms.